The summed E-state index contributed by atoms with van der Waals surface area (Å²) in [7, 11) is 0. The summed E-state index contributed by atoms with van der Waals surface area (Å²) in [6.45, 7) is 4.31. The molecule has 0 aliphatic heterocycles. The molecule has 9 aromatic rings. The number of hydrogen-bond donors (Lipinski definition) is 0. The van der Waals surface area contributed by atoms with Gasteiger partial charge in [-0.1, -0.05) is 132 Å². The number of para-hydroxylation sites is 2. The van der Waals surface area contributed by atoms with Gasteiger partial charge in [-0.05, 0) is 75.8 Å². The van der Waals surface area contributed by atoms with Gasteiger partial charge >= 0.3 is 0 Å². The highest BCUT2D eigenvalue weighted by Crippen LogP contribution is 2.46. The third-order valence-electron chi connectivity index (χ3n) is 9.31. The van der Waals surface area contributed by atoms with E-state index in [2.05, 4.69) is 158 Å². The van der Waals surface area contributed by atoms with Crippen LogP contribution in [-0.2, 0) is 0 Å². The molecule has 0 fully saturated rings. The topological polar surface area (TPSA) is 4.93 Å². The Bertz CT molecular complexity index is 2440. The first-order valence-electron chi connectivity index (χ1n) is 15.0. The Hall–Kier alpha value is -5.40. The average molecular weight is 548 g/mol. The maximum absolute atomic E-state index is 2.48. The van der Waals surface area contributed by atoms with Gasteiger partial charge in [-0.15, -0.1) is 0 Å². The number of aryl methyl sites for hydroxylation is 2. The zero-order valence-electron chi connectivity index (χ0n) is 24.2. The van der Waals surface area contributed by atoms with Crippen molar-refractivity contribution < 1.29 is 0 Å². The van der Waals surface area contributed by atoms with Gasteiger partial charge in [0.1, 0.15) is 0 Å². The molecule has 0 N–H and O–H groups in total. The fourth-order valence-corrected chi connectivity index (χ4v) is 7.20. The number of aromatic nitrogens is 1. The minimum absolute atomic E-state index is 1.22. The van der Waals surface area contributed by atoms with Crippen LogP contribution in [0.3, 0.4) is 0 Å². The molecule has 0 bridgehead atoms. The van der Waals surface area contributed by atoms with E-state index in [1.165, 1.54) is 93.2 Å². The lowest BCUT2D eigenvalue weighted by Crippen LogP contribution is -1.98. The third kappa shape index (κ3) is 3.52. The summed E-state index contributed by atoms with van der Waals surface area (Å²) >= 11 is 0. The Morgan fingerprint density at radius 3 is 1.56 bits per heavy atom. The molecule has 8 aromatic carbocycles. The van der Waals surface area contributed by atoms with Crippen LogP contribution in [0, 0.1) is 13.8 Å². The van der Waals surface area contributed by atoms with Gasteiger partial charge in [-0.3, -0.25) is 0 Å². The lowest BCUT2D eigenvalue weighted by Gasteiger charge is -2.20. The molecule has 0 saturated heterocycles. The monoisotopic (exact) mass is 547 g/mol. The Kier molecular flexibility index (Phi) is 5.10. The number of rotatable bonds is 3. The molecule has 0 spiro atoms. The van der Waals surface area contributed by atoms with Crippen LogP contribution < -0.4 is 0 Å². The molecule has 202 valence electrons. The van der Waals surface area contributed by atoms with Crippen molar-refractivity contribution in [3.63, 3.8) is 0 Å². The predicted octanol–water partition coefficient (Wildman–Crippen LogP) is 11.6. The Balaban J connectivity index is 1.48. The van der Waals surface area contributed by atoms with Crippen molar-refractivity contribution in [2.24, 2.45) is 0 Å². The Morgan fingerprint density at radius 2 is 0.907 bits per heavy atom. The smallest absolute Gasteiger partial charge is 0.0547 e. The fourth-order valence-electron chi connectivity index (χ4n) is 7.20. The highest BCUT2D eigenvalue weighted by atomic mass is 15.0. The van der Waals surface area contributed by atoms with E-state index >= 15 is 0 Å². The minimum atomic E-state index is 1.22. The van der Waals surface area contributed by atoms with Crippen LogP contribution in [0.1, 0.15) is 11.1 Å². The molecule has 0 amide bonds. The fraction of sp³-hybridized carbons (Fsp3) is 0.0476. The van der Waals surface area contributed by atoms with Gasteiger partial charge in [0.15, 0.2) is 0 Å². The molecule has 0 atom stereocenters. The molecular formula is C42H29N. The van der Waals surface area contributed by atoms with Crippen molar-refractivity contribution in [3.05, 3.63) is 151 Å². The van der Waals surface area contributed by atoms with E-state index in [1.807, 2.05) is 0 Å². The summed E-state index contributed by atoms with van der Waals surface area (Å²) in [4.78, 5) is 0. The summed E-state index contributed by atoms with van der Waals surface area (Å²) < 4.78 is 2.48. The first-order chi connectivity index (χ1) is 21.2. The normalized spacial score (nSPS) is 12.0. The summed E-state index contributed by atoms with van der Waals surface area (Å²) in [6, 6.07) is 51.9. The van der Waals surface area contributed by atoms with Crippen LogP contribution in [0.15, 0.2) is 140 Å². The van der Waals surface area contributed by atoms with Crippen molar-refractivity contribution in [3.8, 4) is 27.9 Å². The summed E-state index contributed by atoms with van der Waals surface area (Å²) in [5.74, 6) is 0. The summed E-state index contributed by atoms with van der Waals surface area (Å²) in [5, 5.41) is 10.4. The van der Waals surface area contributed by atoms with Crippen molar-refractivity contribution in [2.75, 3.05) is 0 Å². The van der Waals surface area contributed by atoms with Crippen molar-refractivity contribution in [2.45, 2.75) is 13.8 Å². The number of benzene rings is 8. The van der Waals surface area contributed by atoms with Crippen LogP contribution in [0.2, 0.25) is 0 Å². The van der Waals surface area contributed by atoms with Crippen LogP contribution in [0.5, 0.6) is 0 Å². The lowest BCUT2D eigenvalue weighted by atomic mass is 9.86. The molecule has 0 aliphatic rings. The van der Waals surface area contributed by atoms with Gasteiger partial charge in [0.25, 0.3) is 0 Å². The quantitative estimate of drug-likeness (QED) is 0.194. The van der Waals surface area contributed by atoms with E-state index in [1.54, 1.807) is 0 Å². The molecule has 0 saturated carbocycles. The van der Waals surface area contributed by atoms with Crippen molar-refractivity contribution in [1.29, 1.82) is 0 Å². The molecule has 0 radical (unpaired) electrons. The largest absolute Gasteiger partial charge is 0.309 e. The minimum Gasteiger partial charge on any atom is -0.309 e. The van der Waals surface area contributed by atoms with E-state index < -0.39 is 0 Å². The highest BCUT2D eigenvalue weighted by molar-refractivity contribution is 6.29. The van der Waals surface area contributed by atoms with Gasteiger partial charge in [-0.2, -0.15) is 0 Å². The van der Waals surface area contributed by atoms with E-state index in [4.69, 9.17) is 0 Å². The van der Waals surface area contributed by atoms with Gasteiger partial charge in [0.05, 0.1) is 16.7 Å². The SMILES string of the molecule is Cc1ccc(-c2ccc3ccc4c(-c5ccc(C)cc5)cc(-n5c6ccccc6c6ccccc65)c5ccc2c3c45)cc1. The van der Waals surface area contributed by atoms with E-state index in [0.717, 1.165) is 0 Å². The molecule has 1 heterocycles. The Morgan fingerprint density at radius 1 is 0.395 bits per heavy atom. The molecule has 1 heteroatoms. The van der Waals surface area contributed by atoms with E-state index in [9.17, 15) is 0 Å². The van der Waals surface area contributed by atoms with Crippen LogP contribution in [-0.4, -0.2) is 4.57 Å². The Labute approximate surface area is 250 Å². The van der Waals surface area contributed by atoms with Gasteiger partial charge in [0, 0.05) is 21.5 Å². The standard InChI is InChI=1S/C42H29N/c1-26-11-15-28(16-12-26)31-21-19-30-20-22-35-37(29-17-13-27(2)14-18-29)25-40(36-24-23-34(31)41(30)42(35)36)43-38-9-5-3-7-32(38)33-8-4-6-10-39(33)43/h3-25H,1-2H3. The maximum Gasteiger partial charge on any atom is 0.0547 e. The number of nitrogens with zero attached hydrogens (tertiary/aromatic N) is 1. The zero-order valence-corrected chi connectivity index (χ0v) is 24.2. The summed E-state index contributed by atoms with van der Waals surface area (Å²) in [5.41, 5.74) is 11.3. The summed E-state index contributed by atoms with van der Waals surface area (Å²) in [6.07, 6.45) is 0. The second-order valence-electron chi connectivity index (χ2n) is 11.9. The molecule has 0 unspecified atom stereocenters. The number of hydrogen-bond acceptors (Lipinski definition) is 0. The maximum atomic E-state index is 2.48. The van der Waals surface area contributed by atoms with Crippen molar-refractivity contribution >= 4 is 54.1 Å². The van der Waals surface area contributed by atoms with E-state index in [0.29, 0.717) is 0 Å². The first-order valence-corrected chi connectivity index (χ1v) is 15.0. The molecule has 43 heavy (non-hydrogen) atoms. The van der Waals surface area contributed by atoms with Crippen molar-refractivity contribution in [1.82, 2.24) is 4.57 Å². The van der Waals surface area contributed by atoms with E-state index in [-0.39, 0.29) is 0 Å². The third-order valence-corrected chi connectivity index (χ3v) is 9.31. The second kappa shape index (κ2) is 9.05. The molecule has 1 aromatic heterocycles. The number of fused-ring (bicyclic) bond motifs is 3. The molecule has 1 nitrogen and oxygen atoms in total. The first kappa shape index (κ1) is 24.2. The predicted molar refractivity (Wildman–Crippen MR) is 185 cm³/mol. The highest BCUT2D eigenvalue weighted by Gasteiger charge is 2.20. The van der Waals surface area contributed by atoms with Crippen LogP contribution in [0.25, 0.3) is 82.1 Å². The zero-order chi connectivity index (χ0) is 28.7. The van der Waals surface area contributed by atoms with Gasteiger partial charge < -0.3 is 4.57 Å². The van der Waals surface area contributed by atoms with Crippen LogP contribution >= 0.6 is 0 Å². The lowest BCUT2D eigenvalue weighted by molar-refractivity contribution is 1.20. The average Bonchev–Trinajstić information content (AvgIpc) is 3.38. The van der Waals surface area contributed by atoms with Crippen LogP contribution in [0.4, 0.5) is 0 Å². The molecule has 9 rings (SSSR count). The molecule has 0 aliphatic carbocycles. The second-order valence-corrected chi connectivity index (χ2v) is 11.9. The molecular weight excluding hydrogens is 518 g/mol. The van der Waals surface area contributed by atoms with Gasteiger partial charge in [-0.25, -0.2) is 0 Å². The van der Waals surface area contributed by atoms with Gasteiger partial charge in [0.2, 0.25) is 0 Å².